The van der Waals surface area contributed by atoms with Gasteiger partial charge in [0, 0.05) is 14.1 Å². The van der Waals surface area contributed by atoms with E-state index in [9.17, 15) is 8.78 Å². The quantitative estimate of drug-likeness (QED) is 0.646. The number of rotatable bonds is 2. The van der Waals surface area contributed by atoms with Gasteiger partial charge in [0.25, 0.3) is 0 Å². The lowest BCUT2D eigenvalue weighted by atomic mass is 9.80. The summed E-state index contributed by atoms with van der Waals surface area (Å²) in [5.41, 5.74) is -0.0966. The lowest BCUT2D eigenvalue weighted by Crippen LogP contribution is -2.31. The van der Waals surface area contributed by atoms with E-state index >= 15 is 0 Å². The normalized spacial score (nSPS) is 10.1. The Morgan fingerprint density at radius 3 is 2.21 bits per heavy atom. The van der Waals surface area contributed by atoms with Crippen LogP contribution in [0.4, 0.5) is 14.5 Å². The highest BCUT2D eigenvalue weighted by Gasteiger charge is 2.18. The first-order chi connectivity index (χ1) is 6.43. The number of nitrogens with zero attached hydrogens (tertiary/aromatic N) is 1. The zero-order valence-electron chi connectivity index (χ0n) is 7.83. The second-order valence-electron chi connectivity index (χ2n) is 3.10. The van der Waals surface area contributed by atoms with E-state index in [0.717, 1.165) is 6.07 Å². The van der Waals surface area contributed by atoms with Gasteiger partial charge in [-0.3, -0.25) is 0 Å². The van der Waals surface area contributed by atoms with Gasteiger partial charge in [-0.15, -0.1) is 0 Å². The summed E-state index contributed by atoms with van der Waals surface area (Å²) in [6, 6.07) is 1.94. The van der Waals surface area contributed by atoms with Crippen LogP contribution in [0.25, 0.3) is 0 Å². The van der Waals surface area contributed by atoms with Gasteiger partial charge >= 0.3 is 7.12 Å². The molecule has 1 aromatic carbocycles. The third-order valence-corrected chi connectivity index (χ3v) is 1.81. The van der Waals surface area contributed by atoms with E-state index in [1.54, 1.807) is 0 Å². The van der Waals surface area contributed by atoms with Crippen LogP contribution in [0, 0.1) is 11.6 Å². The molecule has 14 heavy (non-hydrogen) atoms. The maximum atomic E-state index is 13.1. The predicted molar refractivity (Wildman–Crippen MR) is 50.5 cm³/mol. The van der Waals surface area contributed by atoms with Crippen LogP contribution in [0.5, 0.6) is 0 Å². The molecule has 0 amide bonds. The maximum absolute atomic E-state index is 13.1. The summed E-state index contributed by atoms with van der Waals surface area (Å²) in [7, 11) is 1.26. The number of benzene rings is 1. The Bertz CT molecular complexity index is 344. The standard InChI is InChI=1S/C8H10BF2NO2/c1-12(2)7-4-5(9(13)14)3-6(10)8(7)11/h3-4,13-14H,1-2H3. The van der Waals surface area contributed by atoms with Gasteiger partial charge in [-0.2, -0.15) is 0 Å². The smallest absolute Gasteiger partial charge is 0.423 e. The number of hydrogen-bond donors (Lipinski definition) is 2. The van der Waals surface area contributed by atoms with Crippen molar-refractivity contribution < 1.29 is 18.8 Å². The molecule has 0 aromatic heterocycles. The van der Waals surface area contributed by atoms with Gasteiger partial charge in [0.15, 0.2) is 11.6 Å². The van der Waals surface area contributed by atoms with Crippen LogP contribution in [0.15, 0.2) is 12.1 Å². The van der Waals surface area contributed by atoms with Crippen LogP contribution in [0.1, 0.15) is 0 Å². The van der Waals surface area contributed by atoms with Gasteiger partial charge in [0.05, 0.1) is 5.69 Å². The van der Waals surface area contributed by atoms with Crippen molar-refractivity contribution in [2.45, 2.75) is 0 Å². The molecular weight excluding hydrogens is 191 g/mol. The monoisotopic (exact) mass is 201 g/mol. The van der Waals surface area contributed by atoms with Crippen LogP contribution in [0.3, 0.4) is 0 Å². The molecule has 1 aromatic rings. The van der Waals surface area contributed by atoms with Crippen LogP contribution in [-0.2, 0) is 0 Å². The molecule has 0 heterocycles. The van der Waals surface area contributed by atoms with Gasteiger partial charge in [-0.1, -0.05) is 0 Å². The summed E-state index contributed by atoms with van der Waals surface area (Å²) >= 11 is 0. The van der Waals surface area contributed by atoms with Crippen molar-refractivity contribution >= 4 is 18.3 Å². The van der Waals surface area contributed by atoms with Gasteiger partial charge in [-0.05, 0) is 17.6 Å². The van der Waals surface area contributed by atoms with Crippen LogP contribution in [0.2, 0.25) is 0 Å². The first-order valence-electron chi connectivity index (χ1n) is 3.96. The van der Waals surface area contributed by atoms with Crippen LogP contribution < -0.4 is 10.4 Å². The Labute approximate surface area is 80.7 Å². The summed E-state index contributed by atoms with van der Waals surface area (Å²) in [5.74, 6) is -2.10. The minimum Gasteiger partial charge on any atom is -0.423 e. The van der Waals surface area contributed by atoms with Crippen molar-refractivity contribution in [3.8, 4) is 0 Å². The Kier molecular flexibility index (Phi) is 3.08. The van der Waals surface area contributed by atoms with E-state index in [2.05, 4.69) is 0 Å². The predicted octanol–water partition coefficient (Wildman–Crippen LogP) is -0.289. The fraction of sp³-hybridized carbons (Fsp3) is 0.250. The summed E-state index contributed by atoms with van der Waals surface area (Å²) in [6.45, 7) is 0. The molecule has 1 rings (SSSR count). The molecule has 0 saturated carbocycles. The summed E-state index contributed by atoms with van der Waals surface area (Å²) in [6.07, 6.45) is 0. The molecule has 2 N–H and O–H groups in total. The van der Waals surface area contributed by atoms with E-state index in [1.807, 2.05) is 0 Å². The highest BCUT2D eigenvalue weighted by atomic mass is 19.2. The molecule has 0 saturated heterocycles. The van der Waals surface area contributed by atoms with Crippen molar-refractivity contribution in [2.75, 3.05) is 19.0 Å². The maximum Gasteiger partial charge on any atom is 0.488 e. The molecule has 0 atom stereocenters. The fourth-order valence-electron chi connectivity index (χ4n) is 1.07. The minimum atomic E-state index is -1.80. The summed E-state index contributed by atoms with van der Waals surface area (Å²) in [4.78, 5) is 1.35. The molecule has 0 spiro atoms. The zero-order valence-corrected chi connectivity index (χ0v) is 7.83. The summed E-state index contributed by atoms with van der Waals surface area (Å²) in [5, 5.41) is 17.6. The molecule has 0 radical (unpaired) electrons. The molecular formula is C8H10BF2NO2. The molecule has 0 fully saturated rings. The van der Waals surface area contributed by atoms with Gasteiger partial charge in [0.2, 0.25) is 0 Å². The van der Waals surface area contributed by atoms with Crippen molar-refractivity contribution in [1.82, 2.24) is 0 Å². The average Bonchev–Trinajstić information content (AvgIpc) is 2.08. The van der Waals surface area contributed by atoms with Crippen molar-refractivity contribution in [3.05, 3.63) is 23.8 Å². The SMILES string of the molecule is CN(C)c1cc(B(O)O)cc(F)c1F. The molecule has 0 unspecified atom stereocenters. The zero-order chi connectivity index (χ0) is 10.9. The Morgan fingerprint density at radius 1 is 1.21 bits per heavy atom. The number of hydrogen-bond acceptors (Lipinski definition) is 3. The first-order valence-corrected chi connectivity index (χ1v) is 3.96. The van der Waals surface area contributed by atoms with Gasteiger partial charge in [-0.25, -0.2) is 8.78 Å². The Balaban J connectivity index is 3.28. The van der Waals surface area contributed by atoms with Crippen LogP contribution in [-0.4, -0.2) is 31.3 Å². The lowest BCUT2D eigenvalue weighted by Gasteiger charge is -2.15. The highest BCUT2D eigenvalue weighted by molar-refractivity contribution is 6.58. The van der Waals surface area contributed by atoms with Gasteiger partial charge in [0.1, 0.15) is 0 Å². The molecule has 0 aliphatic heterocycles. The topological polar surface area (TPSA) is 43.7 Å². The third-order valence-electron chi connectivity index (χ3n) is 1.81. The highest BCUT2D eigenvalue weighted by Crippen LogP contribution is 2.17. The molecule has 0 bridgehead atoms. The van der Waals surface area contributed by atoms with E-state index in [-0.39, 0.29) is 11.2 Å². The molecule has 3 nitrogen and oxygen atoms in total. The number of halogens is 2. The largest absolute Gasteiger partial charge is 0.488 e. The third kappa shape index (κ3) is 2.02. The molecule has 76 valence electrons. The van der Waals surface area contributed by atoms with E-state index in [4.69, 9.17) is 10.0 Å². The van der Waals surface area contributed by atoms with Crippen molar-refractivity contribution in [3.63, 3.8) is 0 Å². The van der Waals surface area contributed by atoms with E-state index < -0.39 is 18.8 Å². The number of anilines is 1. The Morgan fingerprint density at radius 2 is 1.79 bits per heavy atom. The molecule has 6 heteroatoms. The van der Waals surface area contributed by atoms with Crippen molar-refractivity contribution in [2.24, 2.45) is 0 Å². The Hall–Kier alpha value is -1.14. The fourth-order valence-corrected chi connectivity index (χ4v) is 1.07. The second-order valence-corrected chi connectivity index (χ2v) is 3.10. The minimum absolute atomic E-state index is 0.0203. The summed E-state index contributed by atoms with van der Waals surface area (Å²) < 4.78 is 26.1. The molecule has 0 aliphatic carbocycles. The average molecular weight is 201 g/mol. The second kappa shape index (κ2) is 3.94. The van der Waals surface area contributed by atoms with Gasteiger partial charge < -0.3 is 14.9 Å². The molecule has 0 aliphatic rings. The van der Waals surface area contributed by atoms with E-state index in [1.165, 1.54) is 25.1 Å². The first kappa shape index (κ1) is 10.9. The van der Waals surface area contributed by atoms with E-state index in [0.29, 0.717) is 0 Å². The lowest BCUT2D eigenvalue weighted by molar-refractivity contribution is 0.425. The van der Waals surface area contributed by atoms with Crippen LogP contribution >= 0.6 is 0 Å². The van der Waals surface area contributed by atoms with Crippen molar-refractivity contribution in [1.29, 1.82) is 0 Å².